The Balaban J connectivity index is 1.77. The third-order valence-electron chi connectivity index (χ3n) is 5.88. The molecule has 0 bridgehead atoms. The Morgan fingerprint density at radius 2 is 2.00 bits per heavy atom. The number of benzene rings is 1. The van der Waals surface area contributed by atoms with Gasteiger partial charge in [-0.2, -0.15) is 0 Å². The number of sulfonamides is 1. The van der Waals surface area contributed by atoms with Crippen molar-refractivity contribution in [1.82, 2.24) is 4.90 Å². The molecule has 0 saturated carbocycles. The number of rotatable bonds is 4. The standard InChI is InChI=1S/C19H30N2O3S/c1-14-6-4-10-20(15(14)2)13-19(22)17-8-9-18-16(12-17)7-5-11-21(18)25(3,23)24/h8-9,12,14-15,19,22H,4-7,10-11,13H2,1-3H3/t14-,15+,19-/m1/s1. The van der Waals surface area contributed by atoms with Crippen LogP contribution in [-0.4, -0.2) is 50.4 Å². The second kappa shape index (κ2) is 7.25. The number of hydrogen-bond donors (Lipinski definition) is 1. The Hall–Kier alpha value is -1.11. The van der Waals surface area contributed by atoms with Crippen LogP contribution in [0.4, 0.5) is 5.69 Å². The van der Waals surface area contributed by atoms with Gasteiger partial charge in [0.2, 0.25) is 10.0 Å². The van der Waals surface area contributed by atoms with Gasteiger partial charge in [-0.1, -0.05) is 19.1 Å². The molecular weight excluding hydrogens is 336 g/mol. The van der Waals surface area contributed by atoms with Gasteiger partial charge in [0.05, 0.1) is 18.0 Å². The number of aryl methyl sites for hydroxylation is 1. The van der Waals surface area contributed by atoms with Gasteiger partial charge in [-0.3, -0.25) is 9.21 Å². The molecule has 140 valence electrons. The van der Waals surface area contributed by atoms with E-state index in [0.29, 0.717) is 25.0 Å². The lowest BCUT2D eigenvalue weighted by atomic mass is 9.91. The van der Waals surface area contributed by atoms with Gasteiger partial charge in [-0.05, 0) is 62.3 Å². The second-order valence-corrected chi connectivity index (χ2v) is 9.60. The number of likely N-dealkylation sites (tertiary alicyclic amines) is 1. The van der Waals surface area contributed by atoms with Crippen molar-refractivity contribution in [2.75, 3.05) is 30.2 Å². The van der Waals surface area contributed by atoms with Crippen molar-refractivity contribution in [1.29, 1.82) is 0 Å². The fourth-order valence-corrected chi connectivity index (χ4v) is 5.14. The topological polar surface area (TPSA) is 60.9 Å². The van der Waals surface area contributed by atoms with Crippen molar-refractivity contribution < 1.29 is 13.5 Å². The zero-order valence-corrected chi connectivity index (χ0v) is 16.3. The lowest BCUT2D eigenvalue weighted by Gasteiger charge is -2.39. The number of fused-ring (bicyclic) bond motifs is 1. The van der Waals surface area contributed by atoms with Gasteiger partial charge in [-0.15, -0.1) is 0 Å². The minimum absolute atomic E-state index is 0.488. The normalized spacial score (nSPS) is 26.3. The summed E-state index contributed by atoms with van der Waals surface area (Å²) in [6.07, 6.45) is 4.84. The van der Waals surface area contributed by atoms with Crippen molar-refractivity contribution in [2.24, 2.45) is 5.92 Å². The number of piperidine rings is 1. The molecular formula is C19H30N2O3S. The van der Waals surface area contributed by atoms with Gasteiger partial charge in [0.15, 0.2) is 0 Å². The Morgan fingerprint density at radius 1 is 1.24 bits per heavy atom. The maximum absolute atomic E-state index is 12.0. The van der Waals surface area contributed by atoms with Gasteiger partial charge in [-0.25, -0.2) is 8.42 Å². The summed E-state index contributed by atoms with van der Waals surface area (Å²) in [5.41, 5.74) is 2.68. The van der Waals surface area contributed by atoms with E-state index in [1.807, 2.05) is 18.2 Å². The molecule has 1 aromatic carbocycles. The average molecular weight is 367 g/mol. The average Bonchev–Trinajstić information content (AvgIpc) is 2.57. The summed E-state index contributed by atoms with van der Waals surface area (Å²) in [4.78, 5) is 2.38. The molecule has 1 aromatic rings. The van der Waals surface area contributed by atoms with Crippen molar-refractivity contribution in [3.63, 3.8) is 0 Å². The first-order valence-electron chi connectivity index (χ1n) is 9.30. The summed E-state index contributed by atoms with van der Waals surface area (Å²) >= 11 is 0. The van der Waals surface area contributed by atoms with Gasteiger partial charge in [0.25, 0.3) is 0 Å². The smallest absolute Gasteiger partial charge is 0.232 e. The van der Waals surface area contributed by atoms with Crippen LogP contribution in [0.1, 0.15) is 50.3 Å². The van der Waals surface area contributed by atoms with Crippen molar-refractivity contribution >= 4 is 15.7 Å². The van der Waals surface area contributed by atoms with E-state index in [1.54, 1.807) is 0 Å². The van der Waals surface area contributed by atoms with E-state index >= 15 is 0 Å². The molecule has 0 unspecified atom stereocenters. The first kappa shape index (κ1) is 18.7. The number of anilines is 1. The van der Waals surface area contributed by atoms with Crippen LogP contribution in [0.2, 0.25) is 0 Å². The van der Waals surface area contributed by atoms with Crippen LogP contribution in [0.3, 0.4) is 0 Å². The van der Waals surface area contributed by atoms with Crippen LogP contribution in [0, 0.1) is 5.92 Å². The summed E-state index contributed by atoms with van der Waals surface area (Å²) < 4.78 is 25.4. The van der Waals surface area contributed by atoms with Gasteiger partial charge >= 0.3 is 0 Å². The molecule has 1 saturated heterocycles. The summed E-state index contributed by atoms with van der Waals surface area (Å²) in [7, 11) is -3.25. The lowest BCUT2D eigenvalue weighted by Crippen LogP contribution is -2.44. The highest BCUT2D eigenvalue weighted by Gasteiger charge is 2.28. The molecule has 6 heteroatoms. The number of nitrogens with zero attached hydrogens (tertiary/aromatic N) is 2. The molecule has 0 aliphatic carbocycles. The van der Waals surface area contributed by atoms with E-state index in [9.17, 15) is 13.5 Å². The molecule has 1 fully saturated rings. The van der Waals surface area contributed by atoms with Crippen LogP contribution in [0.25, 0.3) is 0 Å². The van der Waals surface area contributed by atoms with E-state index in [2.05, 4.69) is 18.7 Å². The fraction of sp³-hybridized carbons (Fsp3) is 0.684. The molecule has 0 aromatic heterocycles. The predicted molar refractivity (Wildman–Crippen MR) is 101 cm³/mol. The van der Waals surface area contributed by atoms with Crippen LogP contribution >= 0.6 is 0 Å². The first-order valence-corrected chi connectivity index (χ1v) is 11.1. The monoisotopic (exact) mass is 366 g/mol. The molecule has 2 heterocycles. The summed E-state index contributed by atoms with van der Waals surface area (Å²) in [6.45, 7) is 6.74. The molecule has 3 atom stereocenters. The van der Waals surface area contributed by atoms with Crippen LogP contribution < -0.4 is 4.31 Å². The third kappa shape index (κ3) is 4.01. The number of β-amino-alcohol motifs (C(OH)–C–C–N with tert-alkyl or cyclic N) is 1. The molecule has 2 aliphatic rings. The zero-order chi connectivity index (χ0) is 18.2. The SMILES string of the molecule is C[C@@H]1CCCN(C[C@@H](O)c2ccc3c(c2)CCCN3S(C)(=O)=O)[C@H]1C. The number of aliphatic hydroxyl groups excluding tert-OH is 1. The Morgan fingerprint density at radius 3 is 2.72 bits per heavy atom. The molecule has 0 spiro atoms. The van der Waals surface area contributed by atoms with E-state index in [4.69, 9.17) is 0 Å². The van der Waals surface area contributed by atoms with Gasteiger partial charge < -0.3 is 5.11 Å². The highest BCUT2D eigenvalue weighted by atomic mass is 32.2. The fourth-order valence-electron chi connectivity index (χ4n) is 4.14. The lowest BCUT2D eigenvalue weighted by molar-refractivity contribution is 0.0512. The number of hydrogen-bond acceptors (Lipinski definition) is 4. The highest BCUT2D eigenvalue weighted by Crippen LogP contribution is 2.32. The summed E-state index contributed by atoms with van der Waals surface area (Å²) in [5, 5.41) is 10.7. The zero-order valence-electron chi connectivity index (χ0n) is 15.5. The quantitative estimate of drug-likeness (QED) is 0.890. The minimum Gasteiger partial charge on any atom is -0.387 e. The van der Waals surface area contributed by atoms with Crippen LogP contribution in [-0.2, 0) is 16.4 Å². The highest BCUT2D eigenvalue weighted by molar-refractivity contribution is 7.92. The maximum Gasteiger partial charge on any atom is 0.232 e. The maximum atomic E-state index is 12.0. The predicted octanol–water partition coefficient (Wildman–Crippen LogP) is 2.55. The third-order valence-corrected chi connectivity index (χ3v) is 7.06. The largest absolute Gasteiger partial charge is 0.387 e. The molecule has 0 radical (unpaired) electrons. The van der Waals surface area contributed by atoms with E-state index in [-0.39, 0.29) is 0 Å². The molecule has 1 N–H and O–H groups in total. The van der Waals surface area contributed by atoms with Crippen LogP contribution in [0.5, 0.6) is 0 Å². The van der Waals surface area contributed by atoms with Gasteiger partial charge in [0.1, 0.15) is 0 Å². The molecule has 25 heavy (non-hydrogen) atoms. The first-order chi connectivity index (χ1) is 11.8. The summed E-state index contributed by atoms with van der Waals surface area (Å²) in [6, 6.07) is 6.22. The Kier molecular flexibility index (Phi) is 5.42. The minimum atomic E-state index is -3.25. The van der Waals surface area contributed by atoms with E-state index in [0.717, 1.165) is 36.2 Å². The molecule has 0 amide bonds. The van der Waals surface area contributed by atoms with Gasteiger partial charge in [0, 0.05) is 19.1 Å². The summed E-state index contributed by atoms with van der Waals surface area (Å²) in [5.74, 6) is 0.660. The van der Waals surface area contributed by atoms with Crippen molar-refractivity contribution in [3.05, 3.63) is 29.3 Å². The van der Waals surface area contributed by atoms with Crippen molar-refractivity contribution in [3.8, 4) is 0 Å². The Labute approximate surface area is 151 Å². The molecule has 3 rings (SSSR count). The van der Waals surface area contributed by atoms with E-state index < -0.39 is 16.1 Å². The Bertz CT molecular complexity index is 719. The van der Waals surface area contributed by atoms with Crippen molar-refractivity contribution in [2.45, 2.75) is 51.7 Å². The second-order valence-electron chi connectivity index (χ2n) is 7.70. The van der Waals surface area contributed by atoms with E-state index in [1.165, 1.54) is 23.4 Å². The van der Waals surface area contributed by atoms with Crippen LogP contribution in [0.15, 0.2) is 18.2 Å². The number of aliphatic hydroxyl groups is 1. The molecule has 5 nitrogen and oxygen atoms in total. The molecule has 2 aliphatic heterocycles.